The zero-order valence-corrected chi connectivity index (χ0v) is 48.7. The van der Waals surface area contributed by atoms with E-state index in [9.17, 15) is 35.9 Å². The fraction of sp³-hybridized carbons (Fsp3) is 0.218. The predicted octanol–water partition coefficient (Wildman–Crippen LogP) is 9.85. The van der Waals surface area contributed by atoms with Gasteiger partial charge in [-0.3, -0.25) is 19.5 Å². The number of hydrogen-bond donors (Lipinski definition) is 3. The first kappa shape index (κ1) is 71.7. The number of alkyl halides is 6. The number of carbonyl (C=O) groups is 2. The Morgan fingerprint density at radius 2 is 1.21 bits per heavy atom. The number of aldehydes is 1. The number of nitrogens with two attached hydrogens (primary N) is 3. The fourth-order valence-electron chi connectivity index (χ4n) is 5.90. The van der Waals surface area contributed by atoms with Gasteiger partial charge in [0, 0.05) is 32.4 Å². The van der Waals surface area contributed by atoms with Crippen molar-refractivity contribution in [3.63, 3.8) is 0 Å². The summed E-state index contributed by atoms with van der Waals surface area (Å²) in [7, 11) is 3.03. The molecule has 6 rings (SSSR count). The number of ether oxygens (including phenoxy) is 2. The molecule has 0 aromatic heterocycles. The Hall–Kier alpha value is -5.35. The molecule has 398 valence electrons. The summed E-state index contributed by atoms with van der Waals surface area (Å²) in [4.78, 5) is 32.4. The molecule has 1 amide bonds. The van der Waals surface area contributed by atoms with Crippen molar-refractivity contribution in [2.45, 2.75) is 63.2 Å². The van der Waals surface area contributed by atoms with Crippen LogP contribution in [-0.4, -0.2) is 79.4 Å². The van der Waals surface area contributed by atoms with E-state index >= 15 is 0 Å². The number of guanidine groups is 2. The summed E-state index contributed by atoms with van der Waals surface area (Å²) in [5, 5.41) is 0. The van der Waals surface area contributed by atoms with E-state index in [4.69, 9.17) is 23.6 Å². The van der Waals surface area contributed by atoms with Gasteiger partial charge in [-0.15, -0.1) is 32.2 Å². The zero-order chi connectivity index (χ0) is 54.9. The van der Waals surface area contributed by atoms with Crippen molar-refractivity contribution in [2.75, 3.05) is 14.1 Å². The molecular formula is C55H59BrF6I2MgN6O4. The van der Waals surface area contributed by atoms with E-state index in [1.807, 2.05) is 42.5 Å². The second kappa shape index (κ2) is 40.0. The van der Waals surface area contributed by atoms with Crippen LogP contribution in [0.1, 0.15) is 82.6 Å². The van der Waals surface area contributed by atoms with Crippen LogP contribution in [0.3, 0.4) is 0 Å². The molecule has 0 aliphatic carbocycles. The number of aliphatic imine (C=N–C) groups is 2. The summed E-state index contributed by atoms with van der Waals surface area (Å²) in [6.45, 7) is 8.33. The Bertz CT molecular complexity index is 2590. The average molecular weight is 1340 g/mol. The van der Waals surface area contributed by atoms with Gasteiger partial charge < -0.3 is 50.6 Å². The van der Waals surface area contributed by atoms with Crippen LogP contribution >= 0.6 is 45.2 Å². The summed E-state index contributed by atoms with van der Waals surface area (Å²) in [5.41, 5.74) is 17.4. The van der Waals surface area contributed by atoms with Crippen LogP contribution in [0.2, 0.25) is 0 Å². The molecule has 75 heavy (non-hydrogen) atoms. The van der Waals surface area contributed by atoms with Crippen LogP contribution in [-0.2, 0) is 10.3 Å². The summed E-state index contributed by atoms with van der Waals surface area (Å²) in [6.07, 6.45) is 11.8. The van der Waals surface area contributed by atoms with E-state index in [1.54, 1.807) is 48.6 Å². The maximum atomic E-state index is 14.7. The van der Waals surface area contributed by atoms with Crippen molar-refractivity contribution in [2.24, 2.45) is 27.2 Å². The van der Waals surface area contributed by atoms with Gasteiger partial charge in [-0.05, 0) is 160 Å². The molecular weight excluding hydrogens is 1280 g/mol. The van der Waals surface area contributed by atoms with E-state index in [0.29, 0.717) is 35.1 Å². The molecule has 20 heteroatoms. The van der Waals surface area contributed by atoms with Crippen molar-refractivity contribution in [3.05, 3.63) is 207 Å². The van der Waals surface area contributed by atoms with Gasteiger partial charge in [-0.25, -0.2) is 13.8 Å². The van der Waals surface area contributed by atoms with Crippen LogP contribution in [0.5, 0.6) is 11.5 Å². The Kier molecular flexibility index (Phi) is 38.2. The van der Waals surface area contributed by atoms with Crippen LogP contribution in [0, 0.1) is 26.4 Å². The number of likely N-dealkylation sites (N-methyl/N-ethyl adjacent to an activating group) is 1. The van der Waals surface area contributed by atoms with Gasteiger partial charge in [0.25, 0.3) is 5.91 Å². The molecule has 1 aliphatic heterocycles. The Morgan fingerprint density at radius 3 is 1.57 bits per heavy atom. The van der Waals surface area contributed by atoms with Gasteiger partial charge in [0.05, 0.1) is 0 Å². The summed E-state index contributed by atoms with van der Waals surface area (Å²) < 4.78 is 87.0. The third-order valence-electron chi connectivity index (χ3n) is 9.56. The summed E-state index contributed by atoms with van der Waals surface area (Å²) in [5.74, 6) is 2.13. The summed E-state index contributed by atoms with van der Waals surface area (Å²) >= 11 is 4.36. The van der Waals surface area contributed by atoms with E-state index in [0.717, 1.165) is 37.4 Å². The SMILES string of the molecule is C#Cc1ccc(OC(F)F)cc1.C=CCCC(F)c1cccc(C2(c3ccc(OC(F)F)cc3)N=C(N)N(C)C2=O)c1.C=CCCC(F)c1cccc(I)c1.C=CC[CH2-].CN=C(N)N.O=Cc1cccc(I)c1.[Br-].[Mg+2]. The smallest absolute Gasteiger partial charge is 1.00 e. The molecule has 1 heterocycles. The number of rotatable bonds is 16. The molecule has 0 bridgehead atoms. The molecule has 6 N–H and O–H groups in total. The second-order valence-corrected chi connectivity index (χ2v) is 17.2. The molecule has 3 unspecified atom stereocenters. The Labute approximate surface area is 490 Å². The maximum absolute atomic E-state index is 14.7. The fourth-order valence-corrected chi connectivity index (χ4v) is 7.03. The standard InChI is InChI=1S/C22H22F3N3O2.C11H12FI.C9H6F2O.C7H5IO.C4H7.C2H7N3.BrH.Mg/c1-3-4-8-18(23)14-6-5-7-16(13-14)22(19(29)28(2)21(26)27-22)15-9-11-17(12-10-15)30-20(24)25;1-2-3-7-11(12)9-5-4-6-10(13)8-9;1-2-7-3-5-8(6-4-7)12-9(10)11;8-7-3-1-2-6(4-7)5-9;1-3-4-2;1-5-2(3)4;;/h3,5-7,9-13,18,20H,1,4,8H2,2H3,(H2,26,27);2,4-6,8,11H,1,3,7H2;1,3-6,9H;1-5H;3H,1-2,4H2;1H3,(H4,3,4,5);1H;/q;;;;-1;;;+2/p-1. The first-order chi connectivity index (χ1) is 34.8. The van der Waals surface area contributed by atoms with Gasteiger partial charge >= 0.3 is 36.3 Å². The number of halogens is 9. The van der Waals surface area contributed by atoms with Crippen molar-refractivity contribution >= 4 is 92.3 Å². The minimum Gasteiger partial charge on any atom is -1.00 e. The third kappa shape index (κ3) is 26.8. The number of carbonyl (C=O) groups excluding carboxylic acids is 2. The van der Waals surface area contributed by atoms with Crippen molar-refractivity contribution in [1.29, 1.82) is 0 Å². The van der Waals surface area contributed by atoms with E-state index in [1.165, 1.54) is 67.5 Å². The molecule has 0 fully saturated rings. The normalized spacial score (nSPS) is 13.4. The van der Waals surface area contributed by atoms with Gasteiger partial charge in [0.2, 0.25) is 0 Å². The number of nitrogens with zero attached hydrogens (tertiary/aromatic N) is 3. The van der Waals surface area contributed by atoms with E-state index in [-0.39, 0.29) is 69.9 Å². The minimum atomic E-state index is -2.97. The van der Waals surface area contributed by atoms with Crippen molar-refractivity contribution in [1.82, 2.24) is 4.90 Å². The molecule has 0 saturated heterocycles. The van der Waals surface area contributed by atoms with Crippen molar-refractivity contribution < 1.29 is 62.4 Å². The maximum Gasteiger partial charge on any atom is 2.00 e. The molecule has 10 nitrogen and oxygen atoms in total. The molecule has 5 aromatic carbocycles. The number of hydrogen-bond acceptors (Lipinski definition) is 7. The first-order valence-electron chi connectivity index (χ1n) is 21.9. The van der Waals surface area contributed by atoms with E-state index < -0.39 is 37.0 Å². The van der Waals surface area contributed by atoms with Gasteiger partial charge in [0.15, 0.2) is 17.5 Å². The monoisotopic (exact) mass is 1340 g/mol. The number of benzene rings is 5. The largest absolute Gasteiger partial charge is 2.00 e. The Morgan fingerprint density at radius 1 is 0.773 bits per heavy atom. The molecule has 0 radical (unpaired) electrons. The predicted molar refractivity (Wildman–Crippen MR) is 304 cm³/mol. The van der Waals surface area contributed by atoms with Gasteiger partial charge in [-0.1, -0.05) is 72.7 Å². The molecule has 3 atom stereocenters. The average Bonchev–Trinajstić information content (AvgIpc) is 3.62. The molecule has 0 spiro atoms. The topological polar surface area (TPSA) is 159 Å². The zero-order valence-electron chi connectivity index (χ0n) is 41.4. The van der Waals surface area contributed by atoms with Crippen LogP contribution in [0.15, 0.2) is 169 Å². The number of allylic oxidation sites excluding steroid dienone is 3. The van der Waals surface area contributed by atoms with Gasteiger partial charge in [0.1, 0.15) is 30.1 Å². The molecule has 5 aromatic rings. The van der Waals surface area contributed by atoms with E-state index in [2.05, 4.69) is 97.2 Å². The van der Waals surface area contributed by atoms with Gasteiger partial charge in [-0.2, -0.15) is 24.0 Å². The van der Waals surface area contributed by atoms with Crippen LogP contribution in [0.25, 0.3) is 0 Å². The number of terminal acetylenes is 1. The second-order valence-electron chi connectivity index (χ2n) is 14.7. The molecule has 0 saturated carbocycles. The molecule has 1 aliphatic rings. The van der Waals surface area contributed by atoms with Crippen LogP contribution in [0.4, 0.5) is 26.3 Å². The van der Waals surface area contributed by atoms with Crippen molar-refractivity contribution in [3.8, 4) is 23.8 Å². The minimum absolute atomic E-state index is 0. The number of amides is 1. The summed E-state index contributed by atoms with van der Waals surface area (Å²) in [6, 6.07) is 33.0. The van der Waals surface area contributed by atoms with Crippen LogP contribution < -0.4 is 43.7 Å². The quantitative estimate of drug-likeness (QED) is 0.0102. The first-order valence-corrected chi connectivity index (χ1v) is 24.1. The Balaban J connectivity index is 0. The third-order valence-corrected chi connectivity index (χ3v) is 10.9.